The first-order valence-electron chi connectivity index (χ1n) is 4.98. The Morgan fingerprint density at radius 3 is 2.75 bits per heavy atom. The molecule has 2 N–H and O–H groups in total. The van der Waals surface area contributed by atoms with Crippen LogP contribution in [0.3, 0.4) is 0 Å². The number of halogens is 1. The Morgan fingerprint density at radius 1 is 1.25 bits per heavy atom. The number of hydrogen-bond donors (Lipinski definition) is 1. The number of nitrogens with two attached hydrogens (primary N) is 1. The number of hydrogen-bond acceptors (Lipinski definition) is 3. The van der Waals surface area contributed by atoms with Gasteiger partial charge in [-0.2, -0.15) is 5.10 Å². The first-order valence-corrected chi connectivity index (χ1v) is 5.36. The molecule has 0 aliphatic heterocycles. The van der Waals surface area contributed by atoms with Gasteiger partial charge in [0.05, 0.1) is 10.7 Å². The van der Waals surface area contributed by atoms with Gasteiger partial charge in [-0.25, -0.2) is 0 Å². The summed E-state index contributed by atoms with van der Waals surface area (Å²) in [6, 6.07) is 10.0. The molecular formula is C12H12ClN3. The molecule has 3 nitrogen and oxygen atoms in total. The molecule has 0 bridgehead atoms. The average Bonchev–Trinajstić information content (AvgIpc) is 2.24. The van der Waals surface area contributed by atoms with Crippen molar-refractivity contribution in [2.24, 2.45) is 0 Å². The Hall–Kier alpha value is -1.61. The fraction of sp³-hybridized carbons (Fsp3) is 0.167. The lowest BCUT2D eigenvalue weighted by Crippen LogP contribution is -1.99. The van der Waals surface area contributed by atoms with Crippen LogP contribution < -0.4 is 5.73 Å². The molecule has 0 saturated carbocycles. The number of nitrogen functional groups attached to an aromatic ring is 1. The Balaban J connectivity index is 2.24. The molecule has 2 rings (SSSR count). The lowest BCUT2D eigenvalue weighted by molar-refractivity contribution is 0.944. The van der Waals surface area contributed by atoms with Crippen LogP contribution in [0.2, 0.25) is 5.02 Å². The monoisotopic (exact) mass is 233 g/mol. The summed E-state index contributed by atoms with van der Waals surface area (Å²) in [7, 11) is 0. The fourth-order valence-electron chi connectivity index (χ4n) is 1.53. The Morgan fingerprint density at radius 2 is 2.06 bits per heavy atom. The van der Waals surface area contributed by atoms with Crippen molar-refractivity contribution >= 4 is 17.4 Å². The summed E-state index contributed by atoms with van der Waals surface area (Å²) in [6.07, 6.45) is 0.717. The molecule has 0 atom stereocenters. The Kier molecular flexibility index (Phi) is 3.06. The van der Waals surface area contributed by atoms with Gasteiger partial charge in [0.1, 0.15) is 0 Å². The largest absolute Gasteiger partial charge is 0.381 e. The maximum atomic E-state index is 5.88. The van der Waals surface area contributed by atoms with E-state index in [4.69, 9.17) is 17.3 Å². The van der Waals surface area contributed by atoms with Gasteiger partial charge in [-0.15, -0.1) is 5.10 Å². The summed E-state index contributed by atoms with van der Waals surface area (Å²) in [6.45, 7) is 2.06. The molecule has 0 unspecified atom stereocenters. The van der Waals surface area contributed by atoms with Crippen LogP contribution in [-0.2, 0) is 6.42 Å². The molecular weight excluding hydrogens is 222 g/mol. The van der Waals surface area contributed by atoms with Gasteiger partial charge in [0, 0.05) is 6.42 Å². The highest BCUT2D eigenvalue weighted by atomic mass is 35.5. The van der Waals surface area contributed by atoms with Crippen LogP contribution in [-0.4, -0.2) is 10.2 Å². The van der Waals surface area contributed by atoms with E-state index in [1.165, 1.54) is 11.1 Å². The van der Waals surface area contributed by atoms with Gasteiger partial charge in [-0.1, -0.05) is 41.4 Å². The molecule has 1 heterocycles. The van der Waals surface area contributed by atoms with Crippen LogP contribution >= 0.6 is 11.6 Å². The van der Waals surface area contributed by atoms with Gasteiger partial charge in [0.15, 0.2) is 5.82 Å². The average molecular weight is 234 g/mol. The van der Waals surface area contributed by atoms with Crippen LogP contribution in [0.4, 0.5) is 5.82 Å². The molecule has 1 aromatic heterocycles. The summed E-state index contributed by atoms with van der Waals surface area (Å²) in [4.78, 5) is 0. The molecule has 16 heavy (non-hydrogen) atoms. The standard InChI is InChI=1S/C12H12ClN3/c1-8-3-2-4-9(5-8)6-10-7-11(13)12(14)16-15-10/h2-5,7H,6H2,1H3,(H2,14,16). The number of anilines is 1. The lowest BCUT2D eigenvalue weighted by atomic mass is 10.1. The first kappa shape index (κ1) is 10.9. The van der Waals surface area contributed by atoms with Crippen molar-refractivity contribution in [2.45, 2.75) is 13.3 Å². The molecule has 1 aromatic carbocycles. The Labute approximate surface area is 99.3 Å². The summed E-state index contributed by atoms with van der Waals surface area (Å²) < 4.78 is 0. The molecule has 82 valence electrons. The van der Waals surface area contributed by atoms with Gasteiger partial charge in [-0.05, 0) is 18.6 Å². The number of aromatic nitrogens is 2. The van der Waals surface area contributed by atoms with Crippen molar-refractivity contribution in [3.05, 3.63) is 52.2 Å². The smallest absolute Gasteiger partial charge is 0.164 e. The third-order valence-corrected chi connectivity index (χ3v) is 2.59. The van der Waals surface area contributed by atoms with Gasteiger partial charge in [0.2, 0.25) is 0 Å². The van der Waals surface area contributed by atoms with Crippen molar-refractivity contribution in [2.75, 3.05) is 5.73 Å². The maximum Gasteiger partial charge on any atom is 0.164 e. The summed E-state index contributed by atoms with van der Waals surface area (Å²) in [5, 5.41) is 8.25. The van der Waals surface area contributed by atoms with E-state index in [0.717, 1.165) is 5.69 Å². The predicted molar refractivity (Wildman–Crippen MR) is 65.4 cm³/mol. The highest BCUT2D eigenvalue weighted by Gasteiger charge is 2.03. The second-order valence-corrected chi connectivity index (χ2v) is 4.14. The van der Waals surface area contributed by atoms with Crippen molar-refractivity contribution in [1.82, 2.24) is 10.2 Å². The minimum Gasteiger partial charge on any atom is -0.381 e. The van der Waals surface area contributed by atoms with E-state index in [0.29, 0.717) is 11.4 Å². The predicted octanol–water partition coefficient (Wildman–Crippen LogP) is 2.61. The third-order valence-electron chi connectivity index (χ3n) is 2.29. The van der Waals surface area contributed by atoms with E-state index in [-0.39, 0.29) is 5.82 Å². The van der Waals surface area contributed by atoms with E-state index < -0.39 is 0 Å². The highest BCUT2D eigenvalue weighted by molar-refractivity contribution is 6.32. The number of benzene rings is 1. The Bertz CT molecular complexity index is 511. The quantitative estimate of drug-likeness (QED) is 0.868. The zero-order valence-corrected chi connectivity index (χ0v) is 9.70. The van der Waals surface area contributed by atoms with Crippen LogP contribution in [0.1, 0.15) is 16.8 Å². The van der Waals surface area contributed by atoms with Crippen molar-refractivity contribution in [3.63, 3.8) is 0 Å². The molecule has 4 heteroatoms. The number of nitrogens with zero attached hydrogens (tertiary/aromatic N) is 2. The SMILES string of the molecule is Cc1cccc(Cc2cc(Cl)c(N)nn2)c1. The van der Waals surface area contributed by atoms with Crippen LogP contribution in [0.15, 0.2) is 30.3 Å². The van der Waals surface area contributed by atoms with Crippen molar-refractivity contribution < 1.29 is 0 Å². The van der Waals surface area contributed by atoms with Gasteiger partial charge >= 0.3 is 0 Å². The van der Waals surface area contributed by atoms with Gasteiger partial charge < -0.3 is 5.73 Å². The third kappa shape index (κ3) is 2.49. The fourth-order valence-corrected chi connectivity index (χ4v) is 1.70. The molecule has 0 saturated heterocycles. The summed E-state index contributed by atoms with van der Waals surface area (Å²) in [5.41, 5.74) is 8.74. The second kappa shape index (κ2) is 4.49. The first-order chi connectivity index (χ1) is 7.65. The molecule has 0 radical (unpaired) electrons. The highest BCUT2D eigenvalue weighted by Crippen LogP contribution is 2.17. The van der Waals surface area contributed by atoms with Crippen LogP contribution in [0, 0.1) is 6.92 Å². The topological polar surface area (TPSA) is 51.8 Å². The molecule has 2 aromatic rings. The second-order valence-electron chi connectivity index (χ2n) is 3.73. The molecule has 0 amide bonds. The molecule has 0 aliphatic rings. The number of aryl methyl sites for hydroxylation is 1. The van der Waals surface area contributed by atoms with E-state index in [1.807, 2.05) is 6.07 Å². The summed E-state index contributed by atoms with van der Waals surface area (Å²) in [5.74, 6) is 0.273. The minimum atomic E-state index is 0.273. The lowest BCUT2D eigenvalue weighted by Gasteiger charge is -2.03. The van der Waals surface area contributed by atoms with E-state index in [9.17, 15) is 0 Å². The van der Waals surface area contributed by atoms with E-state index in [1.54, 1.807) is 6.07 Å². The van der Waals surface area contributed by atoms with Crippen LogP contribution in [0.25, 0.3) is 0 Å². The normalized spacial score (nSPS) is 10.4. The molecule has 0 spiro atoms. The van der Waals surface area contributed by atoms with Gasteiger partial charge in [-0.3, -0.25) is 0 Å². The molecule has 0 fully saturated rings. The number of rotatable bonds is 2. The minimum absolute atomic E-state index is 0.273. The molecule has 0 aliphatic carbocycles. The zero-order chi connectivity index (χ0) is 11.5. The summed E-state index contributed by atoms with van der Waals surface area (Å²) >= 11 is 5.88. The van der Waals surface area contributed by atoms with E-state index >= 15 is 0 Å². The van der Waals surface area contributed by atoms with Crippen molar-refractivity contribution in [1.29, 1.82) is 0 Å². The van der Waals surface area contributed by atoms with Crippen LogP contribution in [0.5, 0.6) is 0 Å². The van der Waals surface area contributed by atoms with Crippen molar-refractivity contribution in [3.8, 4) is 0 Å². The maximum absolute atomic E-state index is 5.88. The zero-order valence-electron chi connectivity index (χ0n) is 8.94. The van der Waals surface area contributed by atoms with Gasteiger partial charge in [0.25, 0.3) is 0 Å². The van der Waals surface area contributed by atoms with E-state index in [2.05, 4.69) is 35.3 Å².